The van der Waals surface area contributed by atoms with Gasteiger partial charge in [-0.05, 0) is 18.6 Å². The van der Waals surface area contributed by atoms with Crippen LogP contribution in [0.1, 0.15) is 17.9 Å². The Morgan fingerprint density at radius 3 is 2.78 bits per heavy atom. The first kappa shape index (κ1) is 11.9. The van der Waals surface area contributed by atoms with Gasteiger partial charge < -0.3 is 10.4 Å². The van der Waals surface area contributed by atoms with Crippen LogP contribution in [0, 0.1) is 5.92 Å². The summed E-state index contributed by atoms with van der Waals surface area (Å²) in [5.74, 6) is -0.810. The fourth-order valence-electron chi connectivity index (χ4n) is 2.87. The van der Waals surface area contributed by atoms with E-state index in [9.17, 15) is 9.90 Å². The van der Waals surface area contributed by atoms with Crippen molar-refractivity contribution in [3.63, 3.8) is 0 Å². The Hall–Kier alpha value is -1.19. The molecule has 0 aromatic heterocycles. The van der Waals surface area contributed by atoms with Gasteiger partial charge in [-0.2, -0.15) is 0 Å². The topological polar surface area (TPSA) is 49.3 Å². The van der Waals surface area contributed by atoms with Crippen LogP contribution in [-0.2, 0) is 4.79 Å². The van der Waals surface area contributed by atoms with Gasteiger partial charge in [0.15, 0.2) is 0 Å². The van der Waals surface area contributed by atoms with Crippen molar-refractivity contribution in [2.24, 2.45) is 5.92 Å². The number of allylic oxidation sites excluding steroid dienone is 2. The van der Waals surface area contributed by atoms with Gasteiger partial charge in [0.1, 0.15) is 6.04 Å². The van der Waals surface area contributed by atoms with Crippen LogP contribution in [-0.4, -0.2) is 17.1 Å². The van der Waals surface area contributed by atoms with E-state index >= 15 is 0 Å². The van der Waals surface area contributed by atoms with Crippen LogP contribution in [0.5, 0.6) is 0 Å². The lowest BCUT2D eigenvalue weighted by Gasteiger charge is -2.35. The molecule has 0 saturated heterocycles. The fraction of sp³-hybridized carbons (Fsp3) is 0.308. The smallest absolute Gasteiger partial charge is 0.326 e. The van der Waals surface area contributed by atoms with Gasteiger partial charge >= 0.3 is 5.97 Å². The van der Waals surface area contributed by atoms with E-state index in [2.05, 4.69) is 5.32 Å². The molecule has 3 unspecified atom stereocenters. The summed E-state index contributed by atoms with van der Waals surface area (Å²) in [5, 5.41) is 13.5. The molecule has 3 rings (SSSR count). The Labute approximate surface area is 114 Å². The van der Waals surface area contributed by atoms with Gasteiger partial charge in [-0.15, -0.1) is 0 Å². The van der Waals surface area contributed by atoms with Crippen LogP contribution in [0.15, 0.2) is 24.3 Å². The lowest BCUT2D eigenvalue weighted by atomic mass is 9.79. The van der Waals surface area contributed by atoms with Crippen molar-refractivity contribution >= 4 is 34.9 Å². The number of halogens is 2. The first-order chi connectivity index (χ1) is 8.59. The van der Waals surface area contributed by atoms with Crippen molar-refractivity contribution in [2.45, 2.75) is 18.4 Å². The molecule has 1 aromatic rings. The van der Waals surface area contributed by atoms with Gasteiger partial charge in [-0.3, -0.25) is 0 Å². The number of anilines is 1. The average Bonchev–Trinajstić information content (AvgIpc) is 2.81. The second-order valence-electron chi connectivity index (χ2n) is 4.63. The van der Waals surface area contributed by atoms with Gasteiger partial charge in [0.25, 0.3) is 0 Å². The minimum Gasteiger partial charge on any atom is -0.480 e. The zero-order chi connectivity index (χ0) is 12.9. The highest BCUT2D eigenvalue weighted by Gasteiger charge is 2.42. The minimum atomic E-state index is -0.851. The maximum absolute atomic E-state index is 11.3. The SMILES string of the molecule is O=C(O)C1Nc2c(Cl)ccc(Cl)c2C2C=CCC12. The van der Waals surface area contributed by atoms with Gasteiger partial charge in [0, 0.05) is 22.4 Å². The molecule has 0 spiro atoms. The summed E-state index contributed by atoms with van der Waals surface area (Å²) in [5.41, 5.74) is 1.57. The molecule has 2 N–H and O–H groups in total. The monoisotopic (exact) mass is 283 g/mol. The highest BCUT2D eigenvalue weighted by molar-refractivity contribution is 6.36. The average molecular weight is 284 g/mol. The second-order valence-corrected chi connectivity index (χ2v) is 5.45. The summed E-state index contributed by atoms with van der Waals surface area (Å²) >= 11 is 12.4. The molecular formula is C13H11Cl2NO2. The number of hydrogen-bond donors (Lipinski definition) is 2. The lowest BCUT2D eigenvalue weighted by Crippen LogP contribution is -2.42. The van der Waals surface area contributed by atoms with Crippen molar-refractivity contribution < 1.29 is 9.90 Å². The normalized spacial score (nSPS) is 28.4. The Morgan fingerprint density at radius 2 is 2.06 bits per heavy atom. The van der Waals surface area contributed by atoms with Crippen LogP contribution in [0.25, 0.3) is 0 Å². The van der Waals surface area contributed by atoms with E-state index in [1.54, 1.807) is 12.1 Å². The molecular weight excluding hydrogens is 273 g/mol. The number of rotatable bonds is 1. The summed E-state index contributed by atoms with van der Waals surface area (Å²) < 4.78 is 0. The molecule has 1 aromatic carbocycles. The number of carboxylic acids is 1. The van der Waals surface area contributed by atoms with Crippen molar-refractivity contribution in [2.75, 3.05) is 5.32 Å². The highest BCUT2D eigenvalue weighted by Crippen LogP contribution is 2.49. The molecule has 1 aliphatic carbocycles. The summed E-state index contributed by atoms with van der Waals surface area (Å²) in [7, 11) is 0. The Balaban J connectivity index is 2.17. The number of carboxylic acid groups (broad SMARTS) is 1. The predicted octanol–water partition coefficient (Wildman–Crippen LogP) is 3.53. The van der Waals surface area contributed by atoms with Crippen LogP contribution in [0.4, 0.5) is 5.69 Å². The zero-order valence-electron chi connectivity index (χ0n) is 9.36. The van der Waals surface area contributed by atoms with Gasteiger partial charge in [0.05, 0.1) is 10.7 Å². The maximum atomic E-state index is 11.3. The van der Waals surface area contributed by atoms with Gasteiger partial charge in [-0.25, -0.2) is 4.79 Å². The molecule has 0 bridgehead atoms. The quantitative estimate of drug-likeness (QED) is 0.775. The lowest BCUT2D eigenvalue weighted by molar-refractivity contribution is -0.139. The van der Waals surface area contributed by atoms with Crippen LogP contribution in [0.2, 0.25) is 10.0 Å². The first-order valence-corrected chi connectivity index (χ1v) is 6.49. The first-order valence-electron chi connectivity index (χ1n) is 5.73. The third kappa shape index (κ3) is 1.62. The van der Waals surface area contributed by atoms with E-state index in [1.807, 2.05) is 12.2 Å². The van der Waals surface area contributed by atoms with Crippen molar-refractivity contribution in [1.82, 2.24) is 0 Å². The number of aliphatic carboxylic acids is 1. The summed E-state index contributed by atoms with van der Waals surface area (Å²) in [6.45, 7) is 0. The zero-order valence-corrected chi connectivity index (χ0v) is 10.9. The van der Waals surface area contributed by atoms with E-state index < -0.39 is 12.0 Å². The standard InChI is InChI=1S/C13H11Cl2NO2/c14-8-4-5-9(15)12-10(8)6-2-1-3-7(6)11(16-12)13(17)18/h1-2,4-7,11,16H,3H2,(H,17,18). The number of fused-ring (bicyclic) bond motifs is 3. The van der Waals surface area contributed by atoms with Crippen molar-refractivity contribution in [1.29, 1.82) is 0 Å². The molecule has 5 heteroatoms. The molecule has 94 valence electrons. The molecule has 0 amide bonds. The third-order valence-corrected chi connectivity index (χ3v) is 4.33. The Bertz CT molecular complexity index is 556. The van der Waals surface area contributed by atoms with E-state index in [-0.39, 0.29) is 11.8 Å². The molecule has 0 fully saturated rings. The van der Waals surface area contributed by atoms with E-state index in [0.717, 1.165) is 12.0 Å². The summed E-state index contributed by atoms with van der Waals surface area (Å²) in [6, 6.07) is 2.83. The van der Waals surface area contributed by atoms with E-state index in [0.29, 0.717) is 15.7 Å². The second kappa shape index (κ2) is 4.18. The van der Waals surface area contributed by atoms with E-state index in [4.69, 9.17) is 23.2 Å². The highest BCUT2D eigenvalue weighted by atomic mass is 35.5. The summed E-state index contributed by atoms with van der Waals surface area (Å²) in [6.07, 6.45) is 4.79. The number of benzene rings is 1. The Kier molecular flexibility index (Phi) is 2.76. The number of nitrogens with one attached hydrogen (secondary N) is 1. The fourth-order valence-corrected chi connectivity index (χ4v) is 3.38. The summed E-state index contributed by atoms with van der Waals surface area (Å²) in [4.78, 5) is 11.3. The molecule has 2 aliphatic rings. The molecule has 18 heavy (non-hydrogen) atoms. The molecule has 0 saturated carbocycles. The predicted molar refractivity (Wildman–Crippen MR) is 71.5 cm³/mol. The van der Waals surface area contributed by atoms with Gasteiger partial charge in [0.2, 0.25) is 0 Å². The maximum Gasteiger partial charge on any atom is 0.326 e. The molecule has 3 atom stereocenters. The van der Waals surface area contributed by atoms with Crippen molar-refractivity contribution in [3.8, 4) is 0 Å². The minimum absolute atomic E-state index is 0.00552. The number of carbonyl (C=O) groups is 1. The van der Waals surface area contributed by atoms with Crippen LogP contribution >= 0.6 is 23.2 Å². The molecule has 1 heterocycles. The molecule has 0 radical (unpaired) electrons. The Morgan fingerprint density at radius 1 is 1.33 bits per heavy atom. The third-order valence-electron chi connectivity index (χ3n) is 3.68. The van der Waals surface area contributed by atoms with Crippen molar-refractivity contribution in [3.05, 3.63) is 39.9 Å². The van der Waals surface area contributed by atoms with E-state index in [1.165, 1.54) is 0 Å². The van der Waals surface area contributed by atoms with Gasteiger partial charge in [-0.1, -0.05) is 35.4 Å². The largest absolute Gasteiger partial charge is 0.480 e. The van der Waals surface area contributed by atoms with Crippen LogP contribution < -0.4 is 5.32 Å². The molecule has 1 aliphatic heterocycles. The van der Waals surface area contributed by atoms with Crippen LogP contribution in [0.3, 0.4) is 0 Å². The number of hydrogen-bond acceptors (Lipinski definition) is 2. The molecule has 3 nitrogen and oxygen atoms in total.